The fourth-order valence-corrected chi connectivity index (χ4v) is 1.53. The summed E-state index contributed by atoms with van der Waals surface area (Å²) < 4.78 is 1.95. The predicted molar refractivity (Wildman–Crippen MR) is 60.1 cm³/mol. The molecule has 1 aromatic rings. The Balaban J connectivity index is 2.18. The first-order valence-electron chi connectivity index (χ1n) is 5.53. The van der Waals surface area contributed by atoms with E-state index in [1.807, 2.05) is 17.8 Å². The van der Waals surface area contributed by atoms with Crippen molar-refractivity contribution in [2.45, 2.75) is 52.5 Å². The molecule has 2 N–H and O–H groups in total. The Morgan fingerprint density at radius 2 is 2.00 bits per heavy atom. The van der Waals surface area contributed by atoms with Crippen molar-refractivity contribution in [1.29, 1.82) is 0 Å². The van der Waals surface area contributed by atoms with Crippen LogP contribution in [0.3, 0.4) is 0 Å². The highest BCUT2D eigenvalue weighted by molar-refractivity contribution is 5.39. The number of nitrogens with zero attached hydrogens (tertiary/aromatic N) is 2. The van der Waals surface area contributed by atoms with Crippen LogP contribution in [0.1, 0.15) is 44.7 Å². The summed E-state index contributed by atoms with van der Waals surface area (Å²) in [5.41, 5.74) is 7.46. The van der Waals surface area contributed by atoms with Crippen molar-refractivity contribution in [3.63, 3.8) is 0 Å². The van der Waals surface area contributed by atoms with Gasteiger partial charge in [0.1, 0.15) is 0 Å². The lowest BCUT2D eigenvalue weighted by atomic mass is 10.1. The zero-order valence-corrected chi connectivity index (χ0v) is 9.29. The molecular formula is C11H21N3. The monoisotopic (exact) mass is 195 g/mol. The summed E-state index contributed by atoms with van der Waals surface area (Å²) in [6.07, 6.45) is 8.42. The van der Waals surface area contributed by atoms with Gasteiger partial charge in [-0.1, -0.05) is 32.6 Å². The molecule has 1 heterocycles. The maximum Gasteiger partial charge on any atom is 0.0822 e. The van der Waals surface area contributed by atoms with Crippen LogP contribution in [0.25, 0.3) is 0 Å². The molecule has 0 fully saturated rings. The molecule has 3 heteroatoms. The van der Waals surface area contributed by atoms with Crippen LogP contribution in [0.5, 0.6) is 0 Å². The second kappa shape index (κ2) is 5.68. The quantitative estimate of drug-likeness (QED) is 0.709. The van der Waals surface area contributed by atoms with Crippen molar-refractivity contribution in [2.24, 2.45) is 0 Å². The van der Waals surface area contributed by atoms with Crippen molar-refractivity contribution < 1.29 is 0 Å². The number of anilines is 1. The van der Waals surface area contributed by atoms with Gasteiger partial charge in [0.2, 0.25) is 0 Å². The standard InChI is InChI=1S/C11H21N3/c1-3-4-5-6-7-8-14-9-11(12)10(2)13-14/h9H,3-8,12H2,1-2H3. The third-order valence-corrected chi connectivity index (χ3v) is 2.48. The molecule has 0 atom stereocenters. The first kappa shape index (κ1) is 11.1. The fraction of sp³-hybridized carbons (Fsp3) is 0.727. The first-order valence-corrected chi connectivity index (χ1v) is 5.53. The van der Waals surface area contributed by atoms with E-state index in [1.165, 1.54) is 32.1 Å². The van der Waals surface area contributed by atoms with Crippen LogP contribution >= 0.6 is 0 Å². The van der Waals surface area contributed by atoms with Crippen molar-refractivity contribution in [2.75, 3.05) is 5.73 Å². The van der Waals surface area contributed by atoms with Crippen LogP contribution < -0.4 is 5.73 Å². The third-order valence-electron chi connectivity index (χ3n) is 2.48. The molecule has 0 bridgehead atoms. The number of hydrogen-bond acceptors (Lipinski definition) is 2. The summed E-state index contributed by atoms with van der Waals surface area (Å²) >= 11 is 0. The van der Waals surface area contributed by atoms with Gasteiger partial charge in [0.15, 0.2) is 0 Å². The summed E-state index contributed by atoms with van der Waals surface area (Å²) in [6.45, 7) is 5.18. The van der Waals surface area contributed by atoms with Gasteiger partial charge in [-0.2, -0.15) is 5.10 Å². The lowest BCUT2D eigenvalue weighted by Gasteiger charge is -2.00. The van der Waals surface area contributed by atoms with Gasteiger partial charge < -0.3 is 5.73 Å². The SMILES string of the molecule is CCCCCCCn1cc(N)c(C)n1. The Bertz CT molecular complexity index is 246. The summed E-state index contributed by atoms with van der Waals surface area (Å²) in [6, 6.07) is 0. The topological polar surface area (TPSA) is 43.8 Å². The molecule has 0 amide bonds. The van der Waals surface area contributed by atoms with Crippen LogP contribution in [0.15, 0.2) is 6.20 Å². The van der Waals surface area contributed by atoms with Crippen LogP contribution in [0.4, 0.5) is 5.69 Å². The highest BCUT2D eigenvalue weighted by Gasteiger charge is 1.99. The molecule has 1 rings (SSSR count). The summed E-state index contributed by atoms with van der Waals surface area (Å²) in [4.78, 5) is 0. The van der Waals surface area contributed by atoms with Crippen LogP contribution in [-0.2, 0) is 6.54 Å². The average Bonchev–Trinajstić information content (AvgIpc) is 2.46. The van der Waals surface area contributed by atoms with Crippen LogP contribution in [0.2, 0.25) is 0 Å². The average molecular weight is 195 g/mol. The highest BCUT2D eigenvalue weighted by Crippen LogP contribution is 2.09. The number of aromatic nitrogens is 2. The van der Waals surface area contributed by atoms with Gasteiger partial charge in [-0.25, -0.2) is 0 Å². The normalized spacial score (nSPS) is 10.7. The zero-order valence-electron chi connectivity index (χ0n) is 9.29. The maximum absolute atomic E-state index is 5.71. The van der Waals surface area contributed by atoms with Crippen molar-refractivity contribution in [3.05, 3.63) is 11.9 Å². The summed E-state index contributed by atoms with van der Waals surface area (Å²) in [5.74, 6) is 0. The van der Waals surface area contributed by atoms with Crippen molar-refractivity contribution in [3.8, 4) is 0 Å². The van der Waals surface area contributed by atoms with E-state index in [4.69, 9.17) is 5.73 Å². The molecule has 0 saturated heterocycles. The van der Waals surface area contributed by atoms with E-state index >= 15 is 0 Å². The molecule has 0 aliphatic rings. The van der Waals surface area contributed by atoms with E-state index in [2.05, 4.69) is 12.0 Å². The lowest BCUT2D eigenvalue weighted by molar-refractivity contribution is 0.531. The second-order valence-corrected chi connectivity index (χ2v) is 3.85. The van der Waals surface area contributed by atoms with Gasteiger partial charge in [-0.05, 0) is 13.3 Å². The number of hydrogen-bond donors (Lipinski definition) is 1. The van der Waals surface area contributed by atoms with E-state index < -0.39 is 0 Å². The summed E-state index contributed by atoms with van der Waals surface area (Å²) in [5, 5.41) is 4.32. The van der Waals surface area contributed by atoms with Gasteiger partial charge >= 0.3 is 0 Å². The second-order valence-electron chi connectivity index (χ2n) is 3.85. The van der Waals surface area contributed by atoms with E-state index in [1.54, 1.807) is 0 Å². The molecule has 80 valence electrons. The fourth-order valence-electron chi connectivity index (χ4n) is 1.53. The maximum atomic E-state index is 5.71. The Morgan fingerprint density at radius 3 is 2.57 bits per heavy atom. The Kier molecular flexibility index (Phi) is 4.50. The van der Waals surface area contributed by atoms with Gasteiger partial charge in [0, 0.05) is 12.7 Å². The number of rotatable bonds is 6. The van der Waals surface area contributed by atoms with Gasteiger partial charge in [-0.3, -0.25) is 4.68 Å². The van der Waals surface area contributed by atoms with Crippen LogP contribution in [-0.4, -0.2) is 9.78 Å². The molecular weight excluding hydrogens is 174 g/mol. The molecule has 0 aromatic carbocycles. The number of aryl methyl sites for hydroxylation is 2. The van der Waals surface area contributed by atoms with Gasteiger partial charge in [0.25, 0.3) is 0 Å². The number of nitrogen functional groups attached to an aromatic ring is 1. The molecule has 3 nitrogen and oxygen atoms in total. The van der Waals surface area contributed by atoms with Gasteiger partial charge in [-0.15, -0.1) is 0 Å². The Labute approximate surface area is 86.3 Å². The third kappa shape index (κ3) is 3.40. The molecule has 14 heavy (non-hydrogen) atoms. The first-order chi connectivity index (χ1) is 6.74. The molecule has 0 unspecified atom stereocenters. The van der Waals surface area contributed by atoms with Crippen molar-refractivity contribution >= 4 is 5.69 Å². The lowest BCUT2D eigenvalue weighted by Crippen LogP contribution is -1.98. The molecule has 0 spiro atoms. The van der Waals surface area contributed by atoms with E-state index in [-0.39, 0.29) is 0 Å². The molecule has 0 aliphatic carbocycles. The molecule has 0 saturated carbocycles. The molecule has 0 radical (unpaired) electrons. The number of unbranched alkanes of at least 4 members (excludes halogenated alkanes) is 4. The minimum atomic E-state index is 0.804. The largest absolute Gasteiger partial charge is 0.396 e. The molecule has 0 aliphatic heterocycles. The van der Waals surface area contributed by atoms with E-state index in [0.717, 1.165) is 17.9 Å². The minimum absolute atomic E-state index is 0.804. The summed E-state index contributed by atoms with van der Waals surface area (Å²) in [7, 11) is 0. The van der Waals surface area contributed by atoms with Crippen LogP contribution in [0, 0.1) is 6.92 Å². The Morgan fingerprint density at radius 1 is 1.29 bits per heavy atom. The zero-order chi connectivity index (χ0) is 10.4. The predicted octanol–water partition coefficient (Wildman–Crippen LogP) is 2.74. The van der Waals surface area contributed by atoms with Gasteiger partial charge in [0.05, 0.1) is 11.4 Å². The van der Waals surface area contributed by atoms with Crippen molar-refractivity contribution in [1.82, 2.24) is 9.78 Å². The smallest absolute Gasteiger partial charge is 0.0822 e. The highest BCUT2D eigenvalue weighted by atomic mass is 15.3. The molecule has 1 aromatic heterocycles. The minimum Gasteiger partial charge on any atom is -0.396 e. The van der Waals surface area contributed by atoms with E-state index in [9.17, 15) is 0 Å². The number of nitrogens with two attached hydrogens (primary N) is 1. The van der Waals surface area contributed by atoms with E-state index in [0.29, 0.717) is 0 Å². The Hall–Kier alpha value is -0.990.